The topological polar surface area (TPSA) is 57.0 Å². The van der Waals surface area contributed by atoms with E-state index in [-0.39, 0.29) is 11.6 Å². The highest BCUT2D eigenvalue weighted by Crippen LogP contribution is 2.17. The number of pyridine rings is 1. The van der Waals surface area contributed by atoms with Crippen molar-refractivity contribution in [3.8, 4) is 11.6 Å². The molecule has 2 aromatic heterocycles. The van der Waals surface area contributed by atoms with Gasteiger partial charge in [-0.3, -0.25) is 0 Å². The highest BCUT2D eigenvalue weighted by Gasteiger charge is 2.00. The van der Waals surface area contributed by atoms with Crippen LogP contribution in [0.5, 0.6) is 11.6 Å². The first-order chi connectivity index (χ1) is 7.65. The maximum absolute atomic E-state index is 11.2. The number of halogens is 1. The lowest BCUT2D eigenvalue weighted by atomic mass is 10.4. The van der Waals surface area contributed by atoms with Gasteiger partial charge in [0.2, 0.25) is 5.88 Å². The van der Waals surface area contributed by atoms with Crippen LogP contribution in [0.3, 0.4) is 0 Å². The van der Waals surface area contributed by atoms with Crippen molar-refractivity contribution in [2.24, 2.45) is 7.05 Å². The van der Waals surface area contributed by atoms with Gasteiger partial charge in [-0.05, 0) is 12.1 Å². The summed E-state index contributed by atoms with van der Waals surface area (Å²) >= 11 is 5.63. The van der Waals surface area contributed by atoms with Crippen LogP contribution in [0.2, 0.25) is 5.15 Å². The zero-order valence-electron chi connectivity index (χ0n) is 8.42. The Kier molecular flexibility index (Phi) is 2.87. The average Bonchev–Trinajstić information content (AvgIpc) is 2.27. The molecule has 0 radical (unpaired) electrons. The molecule has 2 aromatic rings. The lowest BCUT2D eigenvalue weighted by molar-refractivity contribution is 0.454. The number of hydrogen-bond acceptors (Lipinski definition) is 4. The Hall–Kier alpha value is -1.88. The van der Waals surface area contributed by atoms with Crippen LogP contribution >= 0.6 is 11.6 Å². The number of aromatic nitrogens is 3. The third-order valence-corrected chi connectivity index (χ3v) is 2.09. The second-order valence-electron chi connectivity index (χ2n) is 3.08. The zero-order chi connectivity index (χ0) is 11.5. The van der Waals surface area contributed by atoms with Gasteiger partial charge in [-0.1, -0.05) is 11.6 Å². The van der Waals surface area contributed by atoms with Crippen LogP contribution in [0.25, 0.3) is 0 Å². The molecule has 0 aromatic carbocycles. The van der Waals surface area contributed by atoms with Crippen molar-refractivity contribution in [1.82, 2.24) is 14.5 Å². The van der Waals surface area contributed by atoms with Gasteiger partial charge < -0.3 is 9.30 Å². The molecule has 6 heteroatoms. The third kappa shape index (κ3) is 2.38. The van der Waals surface area contributed by atoms with Crippen molar-refractivity contribution in [3.63, 3.8) is 0 Å². The summed E-state index contributed by atoms with van der Waals surface area (Å²) in [6.45, 7) is 0. The minimum absolute atomic E-state index is 0.229. The first-order valence-electron chi connectivity index (χ1n) is 4.48. The van der Waals surface area contributed by atoms with Crippen molar-refractivity contribution < 1.29 is 4.74 Å². The molecule has 0 bridgehead atoms. The van der Waals surface area contributed by atoms with E-state index in [1.807, 2.05) is 0 Å². The number of nitrogens with zero attached hydrogens (tertiary/aromatic N) is 3. The second-order valence-corrected chi connectivity index (χ2v) is 3.47. The average molecular weight is 238 g/mol. The molecule has 0 N–H and O–H groups in total. The molecule has 0 atom stereocenters. The van der Waals surface area contributed by atoms with E-state index in [4.69, 9.17) is 16.3 Å². The van der Waals surface area contributed by atoms with Crippen molar-refractivity contribution in [1.29, 1.82) is 0 Å². The zero-order valence-corrected chi connectivity index (χ0v) is 9.18. The van der Waals surface area contributed by atoms with Gasteiger partial charge in [-0.15, -0.1) is 0 Å². The van der Waals surface area contributed by atoms with E-state index in [0.29, 0.717) is 10.9 Å². The summed E-state index contributed by atoms with van der Waals surface area (Å²) in [6, 6.07) is 4.84. The molecule has 0 spiro atoms. The molecule has 2 rings (SSSR count). The molecule has 0 saturated heterocycles. The SMILES string of the molecule is Cn1ccc(Oc2ccc(Cl)nc2)nc1=O. The highest BCUT2D eigenvalue weighted by atomic mass is 35.5. The molecule has 2 heterocycles. The lowest BCUT2D eigenvalue weighted by Crippen LogP contribution is -2.18. The molecular weight excluding hydrogens is 230 g/mol. The summed E-state index contributed by atoms with van der Waals surface area (Å²) in [5, 5.41) is 0.379. The van der Waals surface area contributed by atoms with Crippen LogP contribution in [0.4, 0.5) is 0 Å². The Bertz CT molecular complexity index is 551. The summed E-state index contributed by atoms with van der Waals surface area (Å²) in [4.78, 5) is 18.8. The van der Waals surface area contributed by atoms with E-state index in [1.165, 1.54) is 10.8 Å². The fraction of sp³-hybridized carbons (Fsp3) is 0.100. The fourth-order valence-electron chi connectivity index (χ4n) is 1.05. The van der Waals surface area contributed by atoms with Crippen molar-refractivity contribution in [2.75, 3.05) is 0 Å². The third-order valence-electron chi connectivity index (χ3n) is 1.87. The van der Waals surface area contributed by atoms with Gasteiger partial charge in [-0.25, -0.2) is 9.78 Å². The van der Waals surface area contributed by atoms with Gasteiger partial charge in [0.25, 0.3) is 0 Å². The molecular formula is C10H8ClN3O2. The molecule has 5 nitrogen and oxygen atoms in total. The molecule has 0 fully saturated rings. The van der Waals surface area contributed by atoms with E-state index in [1.54, 1.807) is 31.4 Å². The van der Waals surface area contributed by atoms with E-state index in [9.17, 15) is 4.79 Å². The second kappa shape index (κ2) is 4.32. The number of hydrogen-bond donors (Lipinski definition) is 0. The monoisotopic (exact) mass is 237 g/mol. The quantitative estimate of drug-likeness (QED) is 0.745. The Morgan fingerprint density at radius 3 is 2.81 bits per heavy atom. The van der Waals surface area contributed by atoms with Gasteiger partial charge in [0.15, 0.2) is 0 Å². The minimum Gasteiger partial charge on any atom is -0.437 e. The van der Waals surface area contributed by atoms with Crippen LogP contribution in [0, 0.1) is 0 Å². The molecule has 0 aliphatic rings. The van der Waals surface area contributed by atoms with Crippen LogP contribution in [-0.4, -0.2) is 14.5 Å². The standard InChI is InChI=1S/C10H8ClN3O2/c1-14-5-4-9(13-10(14)15)16-7-2-3-8(11)12-6-7/h2-6H,1H3. The molecule has 16 heavy (non-hydrogen) atoms. The van der Waals surface area contributed by atoms with Gasteiger partial charge in [0, 0.05) is 19.3 Å². The number of rotatable bonds is 2. The predicted molar refractivity (Wildman–Crippen MR) is 58.8 cm³/mol. The van der Waals surface area contributed by atoms with E-state index >= 15 is 0 Å². The number of ether oxygens (including phenoxy) is 1. The molecule has 0 aliphatic heterocycles. The highest BCUT2D eigenvalue weighted by molar-refractivity contribution is 6.29. The Morgan fingerprint density at radius 1 is 1.38 bits per heavy atom. The van der Waals surface area contributed by atoms with Crippen LogP contribution in [0.1, 0.15) is 0 Å². The molecule has 82 valence electrons. The van der Waals surface area contributed by atoms with Crippen molar-refractivity contribution >= 4 is 11.6 Å². The van der Waals surface area contributed by atoms with E-state index in [2.05, 4.69) is 9.97 Å². The largest absolute Gasteiger partial charge is 0.437 e. The van der Waals surface area contributed by atoms with E-state index in [0.717, 1.165) is 0 Å². The van der Waals surface area contributed by atoms with Gasteiger partial charge >= 0.3 is 5.69 Å². The Balaban J connectivity index is 2.24. The molecule has 0 aliphatic carbocycles. The minimum atomic E-state index is -0.376. The summed E-state index contributed by atoms with van der Waals surface area (Å²) < 4.78 is 6.68. The lowest BCUT2D eigenvalue weighted by Gasteiger charge is -2.03. The van der Waals surface area contributed by atoms with Crippen LogP contribution < -0.4 is 10.4 Å². The van der Waals surface area contributed by atoms with Gasteiger partial charge in [0.1, 0.15) is 10.9 Å². The summed E-state index contributed by atoms with van der Waals surface area (Å²) in [6.07, 6.45) is 3.04. The normalized spacial score (nSPS) is 10.1. The maximum Gasteiger partial charge on any atom is 0.350 e. The van der Waals surface area contributed by atoms with E-state index < -0.39 is 0 Å². The van der Waals surface area contributed by atoms with Crippen LogP contribution in [-0.2, 0) is 7.05 Å². The molecule has 0 amide bonds. The first kappa shape index (κ1) is 10.6. The van der Waals surface area contributed by atoms with Crippen molar-refractivity contribution in [3.05, 3.63) is 46.2 Å². The van der Waals surface area contributed by atoms with Gasteiger partial charge in [0.05, 0.1) is 6.20 Å². The molecule has 0 saturated carbocycles. The number of aryl methyl sites for hydroxylation is 1. The smallest absolute Gasteiger partial charge is 0.350 e. The van der Waals surface area contributed by atoms with Crippen LogP contribution in [0.15, 0.2) is 35.4 Å². The summed E-state index contributed by atoms with van der Waals surface area (Å²) in [7, 11) is 1.61. The van der Waals surface area contributed by atoms with Gasteiger partial charge in [-0.2, -0.15) is 4.98 Å². The summed E-state index contributed by atoms with van der Waals surface area (Å²) in [5.41, 5.74) is -0.376. The Labute approximate surface area is 96.3 Å². The van der Waals surface area contributed by atoms with Crippen molar-refractivity contribution in [2.45, 2.75) is 0 Å². The predicted octanol–water partition coefficient (Wildman–Crippen LogP) is 1.62. The molecule has 0 unspecified atom stereocenters. The first-order valence-corrected chi connectivity index (χ1v) is 4.86. The fourth-order valence-corrected chi connectivity index (χ4v) is 1.16. The Morgan fingerprint density at radius 2 is 2.19 bits per heavy atom. The summed E-state index contributed by atoms with van der Waals surface area (Å²) in [5.74, 6) is 0.706. The maximum atomic E-state index is 11.2.